The molecule has 0 spiro atoms. The number of thioether (sulfide) groups is 1. The smallest absolute Gasteiger partial charge is 0.258 e. The van der Waals surface area contributed by atoms with Crippen molar-refractivity contribution in [3.8, 4) is 34.2 Å². The summed E-state index contributed by atoms with van der Waals surface area (Å²) in [5.41, 5.74) is 6.60. The first kappa shape index (κ1) is 23.8. The maximum Gasteiger partial charge on any atom is 0.258 e. The number of carbonyl (C=O) groups is 1. The number of nitriles is 1. The largest absolute Gasteiger partial charge is 0.497 e. The fourth-order valence-corrected chi connectivity index (χ4v) is 4.81. The molecule has 3 aromatic rings. The van der Waals surface area contributed by atoms with Gasteiger partial charge in [-0.05, 0) is 66.6 Å². The molecule has 1 aliphatic heterocycles. The van der Waals surface area contributed by atoms with Crippen LogP contribution in [0.4, 0.5) is 0 Å². The van der Waals surface area contributed by atoms with Gasteiger partial charge in [-0.25, -0.2) is 0 Å². The molecule has 174 valence electrons. The van der Waals surface area contributed by atoms with Crippen molar-refractivity contribution >= 4 is 17.7 Å². The predicted molar refractivity (Wildman–Crippen MR) is 133 cm³/mol. The molecule has 4 rings (SSSR count). The zero-order chi connectivity index (χ0) is 24.1. The van der Waals surface area contributed by atoms with Gasteiger partial charge in [-0.1, -0.05) is 18.2 Å². The minimum absolute atomic E-state index is 0.0492. The number of pyridine rings is 1. The van der Waals surface area contributed by atoms with Gasteiger partial charge < -0.3 is 14.4 Å². The molecule has 0 saturated carbocycles. The van der Waals surface area contributed by atoms with Gasteiger partial charge in [0.15, 0.2) is 0 Å². The van der Waals surface area contributed by atoms with Crippen molar-refractivity contribution in [1.82, 2.24) is 4.90 Å². The number of rotatable bonds is 6. The van der Waals surface area contributed by atoms with E-state index >= 15 is 0 Å². The molecule has 0 atom stereocenters. The quantitative estimate of drug-likeness (QED) is 0.499. The van der Waals surface area contributed by atoms with E-state index in [-0.39, 0.29) is 11.7 Å². The number of amides is 1. The molecule has 2 heterocycles. The second-order valence-corrected chi connectivity index (χ2v) is 9.21. The fourth-order valence-electron chi connectivity index (χ4n) is 3.88. The van der Waals surface area contributed by atoms with Crippen LogP contribution in [0.5, 0.6) is 5.75 Å². The molecule has 2 aromatic carbocycles. The minimum atomic E-state index is 0.0492. The summed E-state index contributed by atoms with van der Waals surface area (Å²) in [6.07, 6.45) is 0. The summed E-state index contributed by atoms with van der Waals surface area (Å²) in [7, 11) is 1.63. The highest BCUT2D eigenvalue weighted by molar-refractivity contribution is 7.99. The number of aryl methyl sites for hydroxylation is 2. The topological polar surface area (TPSA) is 76.7 Å². The summed E-state index contributed by atoms with van der Waals surface area (Å²) < 4.78 is 10.7. The SMILES string of the molecule is COc1ccc(-c2cc(-c3ccc(C)c(C)c3)[nH+]c(SCC(=O)N3CCOCC3)c2C#N)cc1. The third-order valence-corrected chi connectivity index (χ3v) is 7.05. The van der Waals surface area contributed by atoms with Crippen LogP contribution in [0.2, 0.25) is 0 Å². The normalized spacial score (nSPS) is 13.4. The first-order valence-electron chi connectivity index (χ1n) is 11.2. The van der Waals surface area contributed by atoms with Crippen LogP contribution in [0, 0.1) is 25.2 Å². The zero-order valence-corrected chi connectivity index (χ0v) is 20.5. The number of carbonyl (C=O) groups excluding carboxylic acids is 1. The van der Waals surface area contributed by atoms with Crippen LogP contribution in [-0.2, 0) is 9.53 Å². The molecule has 1 aromatic heterocycles. The number of benzene rings is 2. The highest BCUT2D eigenvalue weighted by Gasteiger charge is 2.24. The average Bonchev–Trinajstić information content (AvgIpc) is 2.88. The minimum Gasteiger partial charge on any atom is -0.497 e. The summed E-state index contributed by atoms with van der Waals surface area (Å²) in [4.78, 5) is 18.0. The third kappa shape index (κ3) is 5.24. The summed E-state index contributed by atoms with van der Waals surface area (Å²) in [6.45, 7) is 6.51. The van der Waals surface area contributed by atoms with E-state index in [1.807, 2.05) is 35.2 Å². The van der Waals surface area contributed by atoms with Crippen molar-refractivity contribution in [2.24, 2.45) is 0 Å². The zero-order valence-electron chi connectivity index (χ0n) is 19.7. The Morgan fingerprint density at radius 1 is 1.09 bits per heavy atom. The lowest BCUT2D eigenvalue weighted by Crippen LogP contribution is -2.41. The van der Waals surface area contributed by atoms with Crippen LogP contribution in [0.15, 0.2) is 53.6 Å². The average molecular weight is 475 g/mol. The Bertz CT molecular complexity index is 1230. The molecule has 6 nitrogen and oxygen atoms in total. The molecule has 7 heteroatoms. The van der Waals surface area contributed by atoms with Crippen LogP contribution in [0.3, 0.4) is 0 Å². The second kappa shape index (κ2) is 10.7. The molecule has 0 aliphatic carbocycles. The molecule has 1 aliphatic rings. The van der Waals surface area contributed by atoms with Gasteiger partial charge in [-0.15, -0.1) is 0 Å². The molecule has 0 unspecified atom stereocenters. The van der Waals surface area contributed by atoms with E-state index in [9.17, 15) is 10.1 Å². The van der Waals surface area contributed by atoms with Crippen LogP contribution < -0.4 is 9.72 Å². The fraction of sp³-hybridized carbons (Fsp3) is 0.296. The Hall–Kier alpha value is -3.34. The number of nitrogens with one attached hydrogen (secondary N) is 1. The molecule has 1 saturated heterocycles. The summed E-state index contributed by atoms with van der Waals surface area (Å²) in [5.74, 6) is 1.06. The summed E-state index contributed by atoms with van der Waals surface area (Å²) in [6, 6.07) is 18.4. The van der Waals surface area contributed by atoms with Crippen LogP contribution in [0.25, 0.3) is 22.4 Å². The third-order valence-electron chi connectivity index (χ3n) is 6.07. The summed E-state index contributed by atoms with van der Waals surface area (Å²) in [5, 5.41) is 10.8. The van der Waals surface area contributed by atoms with Crippen molar-refractivity contribution < 1.29 is 19.3 Å². The molecular formula is C27H28N3O3S+. The number of nitrogens with zero attached hydrogens (tertiary/aromatic N) is 2. The molecule has 0 radical (unpaired) electrons. The molecular weight excluding hydrogens is 446 g/mol. The van der Waals surface area contributed by atoms with Gasteiger partial charge in [0.1, 0.15) is 17.4 Å². The van der Waals surface area contributed by atoms with Gasteiger partial charge in [-0.2, -0.15) is 10.2 Å². The van der Waals surface area contributed by atoms with E-state index in [1.54, 1.807) is 7.11 Å². The van der Waals surface area contributed by atoms with Crippen molar-refractivity contribution in [3.05, 3.63) is 65.2 Å². The highest BCUT2D eigenvalue weighted by Crippen LogP contribution is 2.33. The Balaban J connectivity index is 1.75. The Morgan fingerprint density at radius 2 is 1.79 bits per heavy atom. The number of hydrogen-bond donors (Lipinski definition) is 0. The van der Waals surface area contributed by atoms with Crippen molar-refractivity contribution in [2.75, 3.05) is 39.2 Å². The van der Waals surface area contributed by atoms with E-state index < -0.39 is 0 Å². The number of morpholine rings is 1. The van der Waals surface area contributed by atoms with Crippen molar-refractivity contribution in [1.29, 1.82) is 5.26 Å². The Kier molecular flexibility index (Phi) is 7.51. The second-order valence-electron chi connectivity index (χ2n) is 8.22. The van der Waals surface area contributed by atoms with Crippen LogP contribution in [-0.4, -0.2) is 50.0 Å². The van der Waals surface area contributed by atoms with E-state index in [1.165, 1.54) is 22.9 Å². The van der Waals surface area contributed by atoms with E-state index in [0.29, 0.717) is 36.9 Å². The van der Waals surface area contributed by atoms with Gasteiger partial charge in [-0.3, -0.25) is 4.79 Å². The van der Waals surface area contributed by atoms with Crippen molar-refractivity contribution in [3.63, 3.8) is 0 Å². The van der Waals surface area contributed by atoms with Gasteiger partial charge in [0.25, 0.3) is 5.03 Å². The van der Waals surface area contributed by atoms with Gasteiger partial charge in [0.2, 0.25) is 11.6 Å². The highest BCUT2D eigenvalue weighted by atomic mass is 32.2. The van der Waals surface area contributed by atoms with E-state index in [2.05, 4.69) is 43.1 Å². The number of methoxy groups -OCH3 is 1. The lowest BCUT2D eigenvalue weighted by atomic mass is 9.98. The van der Waals surface area contributed by atoms with Gasteiger partial charge >= 0.3 is 0 Å². The van der Waals surface area contributed by atoms with Crippen LogP contribution >= 0.6 is 11.8 Å². The number of ether oxygens (including phenoxy) is 2. The van der Waals surface area contributed by atoms with Crippen LogP contribution in [0.1, 0.15) is 16.7 Å². The molecule has 1 N–H and O–H groups in total. The summed E-state index contributed by atoms with van der Waals surface area (Å²) >= 11 is 1.37. The lowest BCUT2D eigenvalue weighted by Gasteiger charge is -2.26. The van der Waals surface area contributed by atoms with E-state index in [4.69, 9.17) is 9.47 Å². The first-order valence-corrected chi connectivity index (χ1v) is 12.2. The standard InChI is InChI=1S/C27H27N3O3S/c1-18-4-5-21(14-19(18)2)25-15-23(20-6-8-22(32-3)9-7-20)24(16-28)27(29-25)34-17-26(31)30-10-12-33-13-11-30/h4-9,14-15H,10-13,17H2,1-3H3/p+1. The van der Waals surface area contributed by atoms with Gasteiger partial charge in [0, 0.05) is 30.3 Å². The monoisotopic (exact) mass is 474 g/mol. The number of aromatic amines is 1. The molecule has 1 fully saturated rings. The van der Waals surface area contributed by atoms with Crippen molar-refractivity contribution in [2.45, 2.75) is 18.9 Å². The predicted octanol–water partition coefficient (Wildman–Crippen LogP) is 4.28. The van der Waals surface area contributed by atoms with E-state index in [0.717, 1.165) is 28.1 Å². The van der Waals surface area contributed by atoms with Gasteiger partial charge in [0.05, 0.1) is 26.1 Å². The number of hydrogen-bond acceptors (Lipinski definition) is 5. The lowest BCUT2D eigenvalue weighted by molar-refractivity contribution is -0.414. The Labute approximate surface area is 204 Å². The number of aromatic nitrogens is 1. The molecule has 34 heavy (non-hydrogen) atoms. The Morgan fingerprint density at radius 3 is 2.44 bits per heavy atom. The maximum atomic E-state index is 12.8. The molecule has 0 bridgehead atoms. The molecule has 1 amide bonds. The first-order chi connectivity index (χ1) is 16.5. The maximum absolute atomic E-state index is 12.8. The number of H-pyrrole nitrogens is 1.